The van der Waals surface area contributed by atoms with Gasteiger partial charge in [0.25, 0.3) is 0 Å². The third-order valence-electron chi connectivity index (χ3n) is 3.89. The zero-order chi connectivity index (χ0) is 16.8. The van der Waals surface area contributed by atoms with Crippen LogP contribution in [0, 0.1) is 11.7 Å². The molecule has 7 heteroatoms. The maximum atomic E-state index is 13.8. The van der Waals surface area contributed by atoms with E-state index in [0.29, 0.717) is 19.7 Å². The second kappa shape index (κ2) is 8.59. The molecule has 2 atom stereocenters. The summed E-state index contributed by atoms with van der Waals surface area (Å²) in [5.74, 6) is -0.561. The van der Waals surface area contributed by atoms with E-state index in [4.69, 9.17) is 21.1 Å². The Labute approximate surface area is 140 Å². The molecule has 0 spiro atoms. The maximum absolute atomic E-state index is 13.8. The third-order valence-corrected chi connectivity index (χ3v) is 4.19. The van der Waals surface area contributed by atoms with Gasteiger partial charge in [0.2, 0.25) is 5.91 Å². The first-order valence-corrected chi connectivity index (χ1v) is 7.91. The van der Waals surface area contributed by atoms with Crippen molar-refractivity contribution in [2.45, 2.75) is 6.10 Å². The van der Waals surface area contributed by atoms with Crippen molar-refractivity contribution >= 4 is 17.5 Å². The minimum absolute atomic E-state index is 0.00359. The van der Waals surface area contributed by atoms with Crippen LogP contribution in [0.2, 0.25) is 5.02 Å². The molecule has 1 saturated heterocycles. The lowest BCUT2D eigenvalue weighted by Gasteiger charge is -2.29. The predicted octanol–water partition coefficient (Wildman–Crippen LogP) is 1.86. The van der Waals surface area contributed by atoms with E-state index in [1.54, 1.807) is 18.0 Å². The molecular weight excluding hydrogens is 323 g/mol. The van der Waals surface area contributed by atoms with E-state index in [-0.39, 0.29) is 29.6 Å². The van der Waals surface area contributed by atoms with E-state index in [1.165, 1.54) is 19.2 Å². The number of carbonyl (C=O) groups is 1. The van der Waals surface area contributed by atoms with Crippen LogP contribution in [0.15, 0.2) is 18.2 Å². The Morgan fingerprint density at radius 1 is 1.57 bits per heavy atom. The molecule has 1 aromatic carbocycles. The summed E-state index contributed by atoms with van der Waals surface area (Å²) in [5.41, 5.74) is 0.730. The highest BCUT2D eigenvalue weighted by Gasteiger charge is 2.28. The second-order valence-corrected chi connectivity index (χ2v) is 6.04. The normalized spacial score (nSPS) is 21.7. The Kier molecular flexibility index (Phi) is 6.77. The number of nitrogens with one attached hydrogen (secondary N) is 1. The van der Waals surface area contributed by atoms with Crippen LogP contribution in [0.4, 0.5) is 4.39 Å². The minimum atomic E-state index is -0.465. The van der Waals surface area contributed by atoms with Crippen molar-refractivity contribution in [3.05, 3.63) is 34.6 Å². The van der Waals surface area contributed by atoms with E-state index in [2.05, 4.69) is 5.32 Å². The van der Waals surface area contributed by atoms with Gasteiger partial charge in [0.05, 0.1) is 17.7 Å². The highest BCUT2D eigenvalue weighted by atomic mass is 35.5. The van der Waals surface area contributed by atoms with Crippen LogP contribution in [-0.2, 0) is 14.3 Å². The molecule has 2 rings (SSSR count). The first kappa shape index (κ1) is 18.1. The SMILES string of the molecule is COCC(=O)N(C)CC1CNCCOC1c1ccc(Cl)c(F)c1. The number of rotatable bonds is 5. The number of carbonyl (C=O) groups excluding carboxylic acids is 1. The summed E-state index contributed by atoms with van der Waals surface area (Å²) in [5, 5.41) is 3.37. The van der Waals surface area contributed by atoms with Crippen LogP contribution >= 0.6 is 11.6 Å². The van der Waals surface area contributed by atoms with Gasteiger partial charge in [-0.15, -0.1) is 0 Å². The fourth-order valence-corrected chi connectivity index (χ4v) is 2.81. The van der Waals surface area contributed by atoms with Crippen molar-refractivity contribution in [1.82, 2.24) is 10.2 Å². The first-order valence-electron chi connectivity index (χ1n) is 7.53. The van der Waals surface area contributed by atoms with Gasteiger partial charge in [-0.1, -0.05) is 17.7 Å². The summed E-state index contributed by atoms with van der Waals surface area (Å²) in [6.07, 6.45) is -0.297. The van der Waals surface area contributed by atoms with Gasteiger partial charge in [-0.05, 0) is 17.7 Å². The Bertz CT molecular complexity index is 544. The number of nitrogens with zero attached hydrogens (tertiary/aromatic N) is 1. The Morgan fingerprint density at radius 2 is 2.35 bits per heavy atom. The smallest absolute Gasteiger partial charge is 0.248 e. The van der Waals surface area contributed by atoms with Gasteiger partial charge in [-0.25, -0.2) is 4.39 Å². The maximum Gasteiger partial charge on any atom is 0.248 e. The number of hydrogen-bond donors (Lipinski definition) is 1. The molecule has 1 amide bonds. The average molecular weight is 345 g/mol. The molecule has 0 aromatic heterocycles. The largest absolute Gasteiger partial charge is 0.375 e. The number of halogens is 2. The highest BCUT2D eigenvalue weighted by Crippen LogP contribution is 2.30. The summed E-state index contributed by atoms with van der Waals surface area (Å²) in [6, 6.07) is 4.71. The van der Waals surface area contributed by atoms with E-state index in [1.807, 2.05) is 0 Å². The quantitative estimate of drug-likeness (QED) is 0.886. The zero-order valence-electron chi connectivity index (χ0n) is 13.4. The summed E-state index contributed by atoms with van der Waals surface area (Å²) < 4.78 is 24.5. The molecular formula is C16H22ClFN2O3. The molecule has 128 valence electrons. The molecule has 0 saturated carbocycles. The topological polar surface area (TPSA) is 50.8 Å². The van der Waals surface area contributed by atoms with Crippen LogP contribution in [0.25, 0.3) is 0 Å². The fraction of sp³-hybridized carbons (Fsp3) is 0.562. The fourth-order valence-electron chi connectivity index (χ4n) is 2.69. The van der Waals surface area contributed by atoms with E-state index in [9.17, 15) is 9.18 Å². The summed E-state index contributed by atoms with van der Waals surface area (Å²) in [7, 11) is 3.22. The monoisotopic (exact) mass is 344 g/mol. The molecule has 1 fully saturated rings. The van der Waals surface area contributed by atoms with Gasteiger partial charge in [-0.3, -0.25) is 4.79 Å². The Morgan fingerprint density at radius 3 is 3.04 bits per heavy atom. The molecule has 1 N–H and O–H groups in total. The number of amides is 1. The lowest BCUT2D eigenvalue weighted by atomic mass is 9.94. The number of ether oxygens (including phenoxy) is 2. The van der Waals surface area contributed by atoms with Crippen molar-refractivity contribution in [2.75, 3.05) is 47.0 Å². The molecule has 1 aromatic rings. The van der Waals surface area contributed by atoms with Gasteiger partial charge in [0.15, 0.2) is 0 Å². The molecule has 5 nitrogen and oxygen atoms in total. The van der Waals surface area contributed by atoms with Crippen LogP contribution in [0.1, 0.15) is 11.7 Å². The average Bonchev–Trinajstić information content (AvgIpc) is 2.76. The molecule has 23 heavy (non-hydrogen) atoms. The number of benzene rings is 1. The first-order chi connectivity index (χ1) is 11.0. The second-order valence-electron chi connectivity index (χ2n) is 5.64. The number of methoxy groups -OCH3 is 1. The van der Waals surface area contributed by atoms with Crippen molar-refractivity contribution in [3.8, 4) is 0 Å². The molecule has 1 aliphatic rings. The van der Waals surface area contributed by atoms with Crippen LogP contribution in [0.3, 0.4) is 0 Å². The number of hydrogen-bond acceptors (Lipinski definition) is 4. The Hall–Kier alpha value is -1.21. The van der Waals surface area contributed by atoms with Gasteiger partial charge < -0.3 is 19.7 Å². The summed E-state index contributed by atoms with van der Waals surface area (Å²) in [6.45, 7) is 2.46. The highest BCUT2D eigenvalue weighted by molar-refractivity contribution is 6.30. The standard InChI is InChI=1S/C16H22ClFN2O3/c1-20(15(21)10-22-2)9-12-8-19-5-6-23-16(12)11-3-4-13(17)14(18)7-11/h3-4,7,12,16,19H,5-6,8-10H2,1-2H3. The molecule has 0 radical (unpaired) electrons. The summed E-state index contributed by atoms with van der Waals surface area (Å²) in [4.78, 5) is 13.5. The number of likely N-dealkylation sites (N-methyl/N-ethyl adjacent to an activating group) is 1. The van der Waals surface area contributed by atoms with E-state index >= 15 is 0 Å². The van der Waals surface area contributed by atoms with Crippen LogP contribution in [-0.4, -0.2) is 57.8 Å². The van der Waals surface area contributed by atoms with Gasteiger partial charge >= 0.3 is 0 Å². The van der Waals surface area contributed by atoms with Crippen molar-refractivity contribution in [3.63, 3.8) is 0 Å². The molecule has 0 bridgehead atoms. The van der Waals surface area contributed by atoms with E-state index in [0.717, 1.165) is 12.1 Å². The molecule has 0 aliphatic carbocycles. The molecule has 1 aliphatic heterocycles. The molecule has 1 heterocycles. The third kappa shape index (κ3) is 4.88. The van der Waals surface area contributed by atoms with Crippen LogP contribution < -0.4 is 5.32 Å². The lowest BCUT2D eigenvalue weighted by molar-refractivity contribution is -0.135. The Balaban J connectivity index is 2.16. The van der Waals surface area contributed by atoms with Crippen molar-refractivity contribution < 1.29 is 18.7 Å². The zero-order valence-corrected chi connectivity index (χ0v) is 14.1. The van der Waals surface area contributed by atoms with Gasteiger partial charge in [0.1, 0.15) is 12.4 Å². The minimum Gasteiger partial charge on any atom is -0.375 e. The van der Waals surface area contributed by atoms with Crippen molar-refractivity contribution in [1.29, 1.82) is 0 Å². The molecule has 2 unspecified atom stereocenters. The predicted molar refractivity (Wildman–Crippen MR) is 86.0 cm³/mol. The lowest BCUT2D eigenvalue weighted by Crippen LogP contribution is -2.39. The van der Waals surface area contributed by atoms with Gasteiger partial charge in [-0.2, -0.15) is 0 Å². The van der Waals surface area contributed by atoms with Gasteiger partial charge in [0, 0.05) is 39.7 Å². The van der Waals surface area contributed by atoms with Crippen LogP contribution in [0.5, 0.6) is 0 Å². The van der Waals surface area contributed by atoms with Crippen molar-refractivity contribution in [2.24, 2.45) is 5.92 Å². The van der Waals surface area contributed by atoms with E-state index < -0.39 is 5.82 Å². The summed E-state index contributed by atoms with van der Waals surface area (Å²) >= 11 is 5.75.